The van der Waals surface area contributed by atoms with Gasteiger partial charge in [-0.25, -0.2) is 9.59 Å². The molecule has 3 unspecified atom stereocenters. The van der Waals surface area contributed by atoms with Gasteiger partial charge in [0, 0.05) is 6.42 Å². The first-order chi connectivity index (χ1) is 23.7. The Hall–Kier alpha value is -4.23. The molecule has 49 heavy (non-hydrogen) atoms. The van der Waals surface area contributed by atoms with Crippen molar-refractivity contribution in [3.05, 3.63) is 91.0 Å². The fourth-order valence-corrected chi connectivity index (χ4v) is 6.35. The lowest BCUT2D eigenvalue weighted by Crippen LogP contribution is -2.36. The van der Waals surface area contributed by atoms with E-state index in [1.165, 1.54) is 25.7 Å². The van der Waals surface area contributed by atoms with Gasteiger partial charge in [0.2, 0.25) is 0 Å². The normalized spacial score (nSPS) is 17.3. The summed E-state index contributed by atoms with van der Waals surface area (Å²) < 4.78 is 22.6. The van der Waals surface area contributed by atoms with Gasteiger partial charge < -0.3 is 18.9 Å². The van der Waals surface area contributed by atoms with E-state index < -0.39 is 11.9 Å². The van der Waals surface area contributed by atoms with E-state index in [2.05, 4.69) is 27.4 Å². The summed E-state index contributed by atoms with van der Waals surface area (Å²) in [5.41, 5.74) is 2.19. The van der Waals surface area contributed by atoms with Crippen LogP contribution in [0.1, 0.15) is 102 Å². The molecule has 0 radical (unpaired) electrons. The van der Waals surface area contributed by atoms with Crippen molar-refractivity contribution in [3.8, 4) is 28.4 Å². The predicted molar refractivity (Wildman–Crippen MR) is 193 cm³/mol. The molecule has 3 atom stereocenters. The molecule has 0 amide bonds. The number of carbonyl (C=O) groups excluding carboxylic acids is 3. The molecule has 0 aromatic heterocycles. The molecule has 0 bridgehead atoms. The first-order valence-electron chi connectivity index (χ1n) is 17.9. The molecule has 262 valence electrons. The zero-order chi connectivity index (χ0) is 35.0. The van der Waals surface area contributed by atoms with Crippen molar-refractivity contribution < 1.29 is 33.3 Å². The van der Waals surface area contributed by atoms with E-state index in [1.807, 2.05) is 30.3 Å². The highest BCUT2D eigenvalue weighted by Crippen LogP contribution is 2.35. The van der Waals surface area contributed by atoms with Crippen LogP contribution >= 0.6 is 0 Å². The quantitative estimate of drug-likeness (QED) is 0.0577. The van der Waals surface area contributed by atoms with Crippen LogP contribution in [0.3, 0.4) is 0 Å². The summed E-state index contributed by atoms with van der Waals surface area (Å²) in [7, 11) is 0. The fraction of sp³-hybridized carbons (Fsp3) is 0.452. The van der Waals surface area contributed by atoms with E-state index in [0.717, 1.165) is 49.7 Å². The van der Waals surface area contributed by atoms with Crippen molar-refractivity contribution in [1.29, 1.82) is 0 Å². The van der Waals surface area contributed by atoms with Crippen molar-refractivity contribution in [2.75, 3.05) is 6.61 Å². The molecule has 4 rings (SSSR count). The maximum absolute atomic E-state index is 12.7. The van der Waals surface area contributed by atoms with Crippen LogP contribution in [0.4, 0.5) is 0 Å². The molecule has 7 heteroatoms. The number of allylic oxidation sites excluding steroid dienone is 1. The van der Waals surface area contributed by atoms with Crippen LogP contribution in [-0.2, 0) is 14.3 Å². The van der Waals surface area contributed by atoms with Crippen molar-refractivity contribution in [2.45, 2.75) is 97.5 Å². The summed E-state index contributed by atoms with van der Waals surface area (Å²) in [6.45, 7) is 10.4. The molecule has 3 aromatic carbocycles. The van der Waals surface area contributed by atoms with Crippen LogP contribution in [0.15, 0.2) is 85.5 Å². The lowest BCUT2D eigenvalue weighted by atomic mass is 9.75. The van der Waals surface area contributed by atoms with Crippen molar-refractivity contribution >= 4 is 17.9 Å². The summed E-state index contributed by atoms with van der Waals surface area (Å²) in [6.07, 6.45) is 13.3. The molecule has 3 aromatic rings. The number of hydrogen-bond donors (Lipinski definition) is 0. The summed E-state index contributed by atoms with van der Waals surface area (Å²) >= 11 is 0. The van der Waals surface area contributed by atoms with E-state index in [4.69, 9.17) is 18.9 Å². The average molecular weight is 669 g/mol. The van der Waals surface area contributed by atoms with Crippen LogP contribution < -0.4 is 14.2 Å². The van der Waals surface area contributed by atoms with Gasteiger partial charge >= 0.3 is 17.9 Å². The predicted octanol–water partition coefficient (Wildman–Crippen LogP) is 10.2. The Morgan fingerprint density at radius 3 is 1.84 bits per heavy atom. The Balaban J connectivity index is 1.18. The SMILES string of the molecule is C=CCCCCCCCCC(=O)Oc1ccc(C(=O)Oc2ccc(-c3ccc(OC(=O)COC4CC(C)CCC4C(C)C)cc3)cc2)cc1. The third kappa shape index (κ3) is 12.6. The molecular formula is C42H52O7. The molecule has 0 saturated heterocycles. The highest BCUT2D eigenvalue weighted by atomic mass is 16.6. The highest BCUT2D eigenvalue weighted by Gasteiger charge is 2.32. The molecule has 7 nitrogen and oxygen atoms in total. The summed E-state index contributed by atoms with van der Waals surface area (Å²) in [4.78, 5) is 37.4. The number of ether oxygens (including phenoxy) is 4. The minimum atomic E-state index is -0.508. The fourth-order valence-electron chi connectivity index (χ4n) is 6.35. The second kappa shape index (κ2) is 19.7. The molecule has 0 heterocycles. The van der Waals surface area contributed by atoms with Crippen molar-refractivity contribution in [3.63, 3.8) is 0 Å². The maximum Gasteiger partial charge on any atom is 0.343 e. The van der Waals surface area contributed by atoms with Crippen molar-refractivity contribution in [1.82, 2.24) is 0 Å². The zero-order valence-electron chi connectivity index (χ0n) is 29.4. The van der Waals surface area contributed by atoms with Crippen LogP contribution in [0, 0.1) is 17.8 Å². The Kier molecular flexibility index (Phi) is 15.1. The Morgan fingerprint density at radius 1 is 0.714 bits per heavy atom. The lowest BCUT2D eigenvalue weighted by molar-refractivity contribution is -0.145. The summed E-state index contributed by atoms with van der Waals surface area (Å²) in [5, 5.41) is 0. The molecule has 1 saturated carbocycles. The number of hydrogen-bond acceptors (Lipinski definition) is 7. The van der Waals surface area contributed by atoms with Crippen LogP contribution in [-0.4, -0.2) is 30.6 Å². The lowest BCUT2D eigenvalue weighted by Gasteiger charge is -2.36. The van der Waals surface area contributed by atoms with Gasteiger partial charge in [0.1, 0.15) is 23.9 Å². The highest BCUT2D eigenvalue weighted by molar-refractivity contribution is 5.91. The minimum absolute atomic E-state index is 0.0578. The summed E-state index contributed by atoms with van der Waals surface area (Å²) in [5.74, 6) is 1.68. The van der Waals surface area contributed by atoms with E-state index in [-0.39, 0.29) is 18.7 Å². The number of unbranched alkanes of at least 4 members (excludes halogenated alkanes) is 6. The van der Waals surface area contributed by atoms with Crippen LogP contribution in [0.2, 0.25) is 0 Å². The molecule has 1 fully saturated rings. The van der Waals surface area contributed by atoms with Gasteiger partial charge in [0.15, 0.2) is 0 Å². The largest absolute Gasteiger partial charge is 0.427 e. The Bertz CT molecular complexity index is 1470. The molecule has 0 aliphatic heterocycles. The second-order valence-electron chi connectivity index (χ2n) is 13.5. The number of carbonyl (C=O) groups is 3. The van der Waals surface area contributed by atoms with Crippen LogP contribution in [0.5, 0.6) is 17.2 Å². The monoisotopic (exact) mass is 668 g/mol. The third-order valence-corrected chi connectivity index (χ3v) is 9.22. The van der Waals surface area contributed by atoms with Gasteiger partial charge in [-0.1, -0.05) is 83.2 Å². The zero-order valence-corrected chi connectivity index (χ0v) is 29.4. The van der Waals surface area contributed by atoms with Crippen LogP contribution in [0.25, 0.3) is 11.1 Å². The average Bonchev–Trinajstić information content (AvgIpc) is 3.09. The van der Waals surface area contributed by atoms with Gasteiger partial charge in [0.25, 0.3) is 0 Å². The van der Waals surface area contributed by atoms with E-state index >= 15 is 0 Å². The Morgan fingerprint density at radius 2 is 1.24 bits per heavy atom. The van der Waals surface area contributed by atoms with Gasteiger partial charge in [-0.2, -0.15) is 0 Å². The minimum Gasteiger partial charge on any atom is -0.427 e. The van der Waals surface area contributed by atoms with E-state index in [9.17, 15) is 14.4 Å². The second-order valence-corrected chi connectivity index (χ2v) is 13.5. The van der Waals surface area contributed by atoms with Gasteiger partial charge in [0.05, 0.1) is 11.7 Å². The first kappa shape index (κ1) is 37.6. The molecule has 1 aliphatic rings. The number of benzene rings is 3. The van der Waals surface area contributed by atoms with E-state index in [1.54, 1.807) is 48.5 Å². The molecule has 0 spiro atoms. The van der Waals surface area contributed by atoms with Gasteiger partial charge in [-0.05, 0) is 110 Å². The molecule has 1 aliphatic carbocycles. The van der Waals surface area contributed by atoms with Gasteiger partial charge in [-0.15, -0.1) is 6.58 Å². The number of esters is 3. The number of rotatable bonds is 18. The summed E-state index contributed by atoms with van der Waals surface area (Å²) in [6, 6.07) is 20.8. The maximum atomic E-state index is 12.7. The van der Waals surface area contributed by atoms with E-state index in [0.29, 0.717) is 47.0 Å². The topological polar surface area (TPSA) is 88.1 Å². The van der Waals surface area contributed by atoms with Crippen molar-refractivity contribution in [2.24, 2.45) is 17.8 Å². The third-order valence-electron chi connectivity index (χ3n) is 9.22. The Labute approximate surface area is 292 Å². The first-order valence-corrected chi connectivity index (χ1v) is 17.9. The van der Waals surface area contributed by atoms with Gasteiger partial charge in [-0.3, -0.25) is 4.79 Å². The molecule has 0 N–H and O–H groups in total. The smallest absolute Gasteiger partial charge is 0.343 e. The molecular weight excluding hydrogens is 616 g/mol. The standard InChI is InChI=1S/C42H52O7/c1-5-6-7-8-9-10-11-12-13-40(43)47-35-25-19-34(20-26-35)42(45)49-37-23-17-33(18-24-37)32-15-21-36(22-16-32)48-41(44)29-46-39-28-31(4)14-27-38(39)30(2)3/h5,15-26,30-31,38-39H,1,6-14,27-29H2,2-4H3.